The molecule has 0 aromatic heterocycles. The number of fused-ring (bicyclic) bond motifs is 6. The van der Waals surface area contributed by atoms with Crippen LogP contribution >= 0.6 is 0 Å². The maximum Gasteiger partial charge on any atom is 0.252 e. The molecule has 0 saturated heterocycles. The highest BCUT2D eigenvalue weighted by atomic mass is 15.2. The Labute approximate surface area is 344 Å². The zero-order chi connectivity index (χ0) is 39.8. The molecule has 1 saturated carbocycles. The SMILES string of the molecule is CC1(C)Cc2cccc(N3c4cc(C(C)(C)C)ccc4B4c5ccc(C(C)(C)C)cc5N(c5cccc6c5CC(C)(C)C6)c5cc(C6CCCCC6)cc3c54)c2C1. The van der Waals surface area contributed by atoms with Crippen LogP contribution in [0.2, 0.25) is 0 Å². The molecule has 0 N–H and O–H groups in total. The summed E-state index contributed by atoms with van der Waals surface area (Å²) >= 11 is 0. The summed E-state index contributed by atoms with van der Waals surface area (Å²) in [4.78, 5) is 5.52. The molecule has 0 radical (unpaired) electrons. The van der Waals surface area contributed by atoms with E-state index in [1.54, 1.807) is 0 Å². The predicted molar refractivity (Wildman–Crippen MR) is 246 cm³/mol. The van der Waals surface area contributed by atoms with Gasteiger partial charge in [-0.2, -0.15) is 0 Å². The Balaban J connectivity index is 1.33. The summed E-state index contributed by atoms with van der Waals surface area (Å²) in [7, 11) is 0. The number of nitrogens with zero attached hydrogens (tertiary/aromatic N) is 2. The lowest BCUT2D eigenvalue weighted by Crippen LogP contribution is -2.61. The van der Waals surface area contributed by atoms with Gasteiger partial charge < -0.3 is 9.80 Å². The number of benzene rings is 5. The van der Waals surface area contributed by atoms with E-state index < -0.39 is 0 Å². The largest absolute Gasteiger partial charge is 0.311 e. The lowest BCUT2D eigenvalue weighted by molar-refractivity contribution is 0.392. The van der Waals surface area contributed by atoms with Gasteiger partial charge in [0.2, 0.25) is 0 Å². The van der Waals surface area contributed by atoms with E-state index in [1.165, 1.54) is 122 Å². The van der Waals surface area contributed by atoms with Gasteiger partial charge in [-0.1, -0.05) is 137 Å². The van der Waals surface area contributed by atoms with Gasteiger partial charge in [-0.15, -0.1) is 0 Å². The zero-order valence-electron chi connectivity index (χ0n) is 36.5. The van der Waals surface area contributed by atoms with E-state index in [2.05, 4.69) is 164 Å². The molecule has 1 fully saturated rings. The van der Waals surface area contributed by atoms with Crippen molar-refractivity contribution in [1.82, 2.24) is 0 Å². The second kappa shape index (κ2) is 12.6. The van der Waals surface area contributed by atoms with Crippen LogP contribution in [0, 0.1) is 10.8 Å². The normalized spacial score (nSPS) is 19.2. The second-order valence-electron chi connectivity index (χ2n) is 22.3. The van der Waals surface area contributed by atoms with Crippen LogP contribution in [0.5, 0.6) is 0 Å². The number of rotatable bonds is 3. The van der Waals surface area contributed by atoms with Gasteiger partial charge >= 0.3 is 0 Å². The molecule has 5 aliphatic rings. The fraction of sp³-hybridized carbons (Fsp3) is 0.444. The van der Waals surface area contributed by atoms with E-state index in [0.717, 1.165) is 25.7 Å². The standard InChI is InChI=1S/C54H63BN2/c1-51(2,3)38-22-24-42-46(28-38)56(44-20-14-18-35-30-53(7,8)32-40(35)44)48-26-37(34-16-12-11-13-17-34)27-49-50(48)55(42)43-25-23-39(52(4,5)6)29-47(43)57(49)45-21-15-19-36-31-54(9,10)33-41(36)45/h14-15,18-29,34H,11-13,16-17,30-33H2,1-10H3. The second-order valence-corrected chi connectivity index (χ2v) is 22.3. The van der Waals surface area contributed by atoms with Gasteiger partial charge in [-0.25, -0.2) is 0 Å². The van der Waals surface area contributed by atoms with E-state index in [-0.39, 0.29) is 28.4 Å². The van der Waals surface area contributed by atoms with Gasteiger partial charge in [0.25, 0.3) is 6.71 Å². The lowest BCUT2D eigenvalue weighted by Gasteiger charge is -2.46. The number of anilines is 6. The van der Waals surface area contributed by atoms with Gasteiger partial charge in [0.15, 0.2) is 0 Å². The molecule has 0 bridgehead atoms. The van der Waals surface area contributed by atoms with Gasteiger partial charge in [0.1, 0.15) is 0 Å². The van der Waals surface area contributed by atoms with Gasteiger partial charge in [-0.3, -0.25) is 0 Å². The Morgan fingerprint density at radius 2 is 0.965 bits per heavy atom. The molecular formula is C54H63BN2. The van der Waals surface area contributed by atoms with E-state index >= 15 is 0 Å². The van der Waals surface area contributed by atoms with Gasteiger partial charge in [0, 0.05) is 34.1 Å². The highest BCUT2D eigenvalue weighted by Gasteiger charge is 2.46. The minimum atomic E-state index is 0.0288. The molecule has 292 valence electrons. The van der Waals surface area contributed by atoms with Crippen LogP contribution in [0.25, 0.3) is 0 Å². The molecule has 2 heterocycles. The molecule has 0 spiro atoms. The highest BCUT2D eigenvalue weighted by molar-refractivity contribution is 7.00. The zero-order valence-corrected chi connectivity index (χ0v) is 36.5. The third kappa shape index (κ3) is 6.03. The average molecular weight is 751 g/mol. The minimum Gasteiger partial charge on any atom is -0.311 e. The first kappa shape index (κ1) is 37.1. The number of hydrogen-bond donors (Lipinski definition) is 0. The summed E-state index contributed by atoms with van der Waals surface area (Å²) in [6.07, 6.45) is 11.0. The van der Waals surface area contributed by atoms with Crippen LogP contribution in [-0.4, -0.2) is 6.71 Å². The van der Waals surface area contributed by atoms with Crippen LogP contribution < -0.4 is 26.2 Å². The van der Waals surface area contributed by atoms with E-state index in [1.807, 2.05) is 0 Å². The fourth-order valence-electron chi connectivity index (χ4n) is 11.6. The summed E-state index contributed by atoms with van der Waals surface area (Å²) in [6, 6.07) is 34.8. The molecule has 57 heavy (non-hydrogen) atoms. The van der Waals surface area contributed by atoms with E-state index in [0.29, 0.717) is 5.92 Å². The van der Waals surface area contributed by atoms with Crippen molar-refractivity contribution in [3.05, 3.63) is 124 Å². The van der Waals surface area contributed by atoms with Crippen molar-refractivity contribution in [1.29, 1.82) is 0 Å². The molecule has 2 nitrogen and oxygen atoms in total. The molecule has 0 amide bonds. The molecule has 5 aromatic carbocycles. The van der Waals surface area contributed by atoms with Crippen LogP contribution in [0.1, 0.15) is 146 Å². The Morgan fingerprint density at radius 3 is 1.40 bits per heavy atom. The van der Waals surface area contributed by atoms with Gasteiger partial charge in [0.05, 0.1) is 0 Å². The van der Waals surface area contributed by atoms with Crippen LogP contribution in [0.15, 0.2) is 84.9 Å². The van der Waals surface area contributed by atoms with Crippen molar-refractivity contribution in [2.75, 3.05) is 9.80 Å². The Hall–Kier alpha value is -4.24. The Morgan fingerprint density at radius 1 is 0.509 bits per heavy atom. The highest BCUT2D eigenvalue weighted by Crippen LogP contribution is 2.52. The first-order valence-corrected chi connectivity index (χ1v) is 22.3. The van der Waals surface area contributed by atoms with Gasteiger partial charge in [-0.05, 0) is 158 Å². The topological polar surface area (TPSA) is 6.48 Å². The monoisotopic (exact) mass is 751 g/mol. The average Bonchev–Trinajstić information content (AvgIpc) is 3.66. The van der Waals surface area contributed by atoms with Crippen LogP contribution in [0.4, 0.5) is 34.1 Å². The van der Waals surface area contributed by atoms with Crippen molar-refractivity contribution in [3.63, 3.8) is 0 Å². The first-order valence-electron chi connectivity index (χ1n) is 22.3. The molecule has 3 heteroatoms. The maximum absolute atomic E-state index is 2.76. The summed E-state index contributed by atoms with van der Waals surface area (Å²) in [6.45, 7) is 24.2. The van der Waals surface area contributed by atoms with Crippen molar-refractivity contribution in [3.8, 4) is 0 Å². The Kier molecular flexibility index (Phi) is 8.21. The minimum absolute atomic E-state index is 0.0288. The first-order chi connectivity index (χ1) is 27.0. The molecule has 10 rings (SSSR count). The third-order valence-electron chi connectivity index (χ3n) is 14.5. The fourth-order valence-corrected chi connectivity index (χ4v) is 11.6. The number of hydrogen-bond acceptors (Lipinski definition) is 2. The summed E-state index contributed by atoms with van der Waals surface area (Å²) in [5.74, 6) is 0.577. The van der Waals surface area contributed by atoms with Crippen LogP contribution in [0.3, 0.4) is 0 Å². The molecule has 2 aliphatic heterocycles. The molecule has 5 aromatic rings. The summed E-state index contributed by atoms with van der Waals surface area (Å²) < 4.78 is 0. The molecule has 3 aliphatic carbocycles. The van der Waals surface area contributed by atoms with Crippen molar-refractivity contribution < 1.29 is 0 Å². The summed E-state index contributed by atoms with van der Waals surface area (Å²) in [5, 5.41) is 0. The quantitative estimate of drug-likeness (QED) is 0.166. The van der Waals surface area contributed by atoms with E-state index in [9.17, 15) is 0 Å². The molecular weight excluding hydrogens is 687 g/mol. The van der Waals surface area contributed by atoms with Crippen molar-refractivity contribution in [2.45, 2.75) is 144 Å². The molecule has 0 atom stereocenters. The lowest BCUT2D eigenvalue weighted by atomic mass is 9.33. The molecule has 0 unspecified atom stereocenters. The van der Waals surface area contributed by atoms with Crippen molar-refractivity contribution >= 4 is 57.2 Å². The smallest absolute Gasteiger partial charge is 0.252 e. The summed E-state index contributed by atoms with van der Waals surface area (Å²) in [5.41, 5.74) is 23.6. The Bertz CT molecular complexity index is 2290. The maximum atomic E-state index is 2.76. The van der Waals surface area contributed by atoms with Crippen LogP contribution in [-0.2, 0) is 36.5 Å². The third-order valence-corrected chi connectivity index (χ3v) is 14.5. The predicted octanol–water partition coefficient (Wildman–Crippen LogP) is 12.7. The van der Waals surface area contributed by atoms with E-state index in [4.69, 9.17) is 0 Å². The van der Waals surface area contributed by atoms with Crippen molar-refractivity contribution in [2.24, 2.45) is 10.8 Å².